The number of piperidine rings is 1. The van der Waals surface area contributed by atoms with Crippen LogP contribution in [0.3, 0.4) is 0 Å². The number of hydrogen-bond acceptors (Lipinski definition) is 4. The van der Waals surface area contributed by atoms with Crippen molar-refractivity contribution in [1.82, 2.24) is 4.90 Å². The minimum absolute atomic E-state index is 0.0504. The van der Waals surface area contributed by atoms with Crippen LogP contribution in [0.4, 0.5) is 10.1 Å². The SMILES string of the molecule is CCC1CN(Cc2cc(F)ccc2[N+](=O)[O-])CCC1O. The second-order valence-electron chi connectivity index (χ2n) is 5.29. The van der Waals surface area contributed by atoms with Gasteiger partial charge in [0.1, 0.15) is 5.82 Å². The van der Waals surface area contributed by atoms with Gasteiger partial charge in [0.15, 0.2) is 0 Å². The Hall–Kier alpha value is -1.53. The molecule has 0 radical (unpaired) electrons. The van der Waals surface area contributed by atoms with Crippen LogP contribution in [0.1, 0.15) is 25.3 Å². The standard InChI is InChI=1S/C14H19FN2O3/c1-2-10-8-16(6-5-14(10)18)9-11-7-12(15)3-4-13(11)17(19)20/h3-4,7,10,14,18H,2,5-6,8-9H2,1H3. The van der Waals surface area contributed by atoms with E-state index < -0.39 is 10.7 Å². The lowest BCUT2D eigenvalue weighted by Gasteiger charge is -2.35. The maximum atomic E-state index is 13.3. The fourth-order valence-electron chi connectivity index (χ4n) is 2.74. The molecule has 1 aliphatic heterocycles. The Balaban J connectivity index is 2.13. The first-order chi connectivity index (χ1) is 9.51. The molecule has 2 rings (SSSR count). The monoisotopic (exact) mass is 282 g/mol. The van der Waals surface area contributed by atoms with Crippen molar-refractivity contribution in [2.75, 3.05) is 13.1 Å². The summed E-state index contributed by atoms with van der Waals surface area (Å²) in [6.07, 6.45) is 1.21. The van der Waals surface area contributed by atoms with Crippen molar-refractivity contribution in [2.45, 2.75) is 32.4 Å². The highest BCUT2D eigenvalue weighted by atomic mass is 19.1. The van der Waals surface area contributed by atoms with Gasteiger partial charge >= 0.3 is 0 Å². The molecule has 2 unspecified atom stereocenters. The highest BCUT2D eigenvalue weighted by Gasteiger charge is 2.27. The molecule has 0 aromatic heterocycles. The van der Waals surface area contributed by atoms with E-state index in [1.165, 1.54) is 12.1 Å². The normalized spacial score (nSPS) is 23.8. The third-order valence-electron chi connectivity index (χ3n) is 3.93. The molecule has 1 aromatic rings. The van der Waals surface area contributed by atoms with Crippen molar-refractivity contribution in [3.8, 4) is 0 Å². The lowest BCUT2D eigenvalue weighted by molar-refractivity contribution is -0.385. The van der Waals surface area contributed by atoms with E-state index in [9.17, 15) is 19.6 Å². The summed E-state index contributed by atoms with van der Waals surface area (Å²) in [6.45, 7) is 3.72. The number of benzene rings is 1. The van der Waals surface area contributed by atoms with Crippen molar-refractivity contribution in [3.05, 3.63) is 39.7 Å². The third-order valence-corrected chi connectivity index (χ3v) is 3.93. The van der Waals surface area contributed by atoms with Gasteiger partial charge < -0.3 is 5.11 Å². The molecule has 0 aliphatic carbocycles. The number of likely N-dealkylation sites (tertiary alicyclic amines) is 1. The van der Waals surface area contributed by atoms with Gasteiger partial charge in [-0.15, -0.1) is 0 Å². The van der Waals surface area contributed by atoms with Crippen molar-refractivity contribution >= 4 is 5.69 Å². The number of hydrogen-bond donors (Lipinski definition) is 1. The minimum atomic E-state index is -0.481. The summed E-state index contributed by atoms with van der Waals surface area (Å²) in [6, 6.07) is 3.54. The van der Waals surface area contributed by atoms with Crippen molar-refractivity contribution in [1.29, 1.82) is 0 Å². The molecule has 1 N–H and O–H groups in total. The van der Waals surface area contributed by atoms with E-state index in [0.29, 0.717) is 31.6 Å². The van der Waals surface area contributed by atoms with E-state index in [-0.39, 0.29) is 17.7 Å². The maximum absolute atomic E-state index is 13.3. The number of halogens is 1. The highest BCUT2D eigenvalue weighted by Crippen LogP contribution is 2.25. The van der Waals surface area contributed by atoms with Gasteiger partial charge in [0.25, 0.3) is 5.69 Å². The van der Waals surface area contributed by atoms with Gasteiger partial charge in [-0.25, -0.2) is 4.39 Å². The van der Waals surface area contributed by atoms with Crippen molar-refractivity contribution in [3.63, 3.8) is 0 Å². The largest absolute Gasteiger partial charge is 0.393 e. The maximum Gasteiger partial charge on any atom is 0.274 e. The lowest BCUT2D eigenvalue weighted by atomic mass is 9.92. The molecule has 1 aromatic carbocycles. The summed E-state index contributed by atoms with van der Waals surface area (Å²) in [7, 11) is 0. The van der Waals surface area contributed by atoms with Crippen LogP contribution in [-0.4, -0.2) is 34.1 Å². The molecule has 2 atom stereocenters. The molecular formula is C14H19FN2O3. The molecule has 0 spiro atoms. The summed E-state index contributed by atoms with van der Waals surface area (Å²) in [5, 5.41) is 20.8. The van der Waals surface area contributed by atoms with Crippen LogP contribution in [0, 0.1) is 21.8 Å². The van der Waals surface area contributed by atoms with Crippen LogP contribution >= 0.6 is 0 Å². The Morgan fingerprint density at radius 3 is 2.95 bits per heavy atom. The summed E-state index contributed by atoms with van der Waals surface area (Å²) >= 11 is 0. The van der Waals surface area contributed by atoms with E-state index in [1.807, 2.05) is 11.8 Å². The van der Waals surface area contributed by atoms with Crippen LogP contribution in [-0.2, 0) is 6.54 Å². The number of aliphatic hydroxyl groups excluding tert-OH is 1. The Morgan fingerprint density at radius 2 is 2.30 bits per heavy atom. The molecule has 6 heteroatoms. The molecule has 1 saturated heterocycles. The second kappa shape index (κ2) is 6.28. The van der Waals surface area contributed by atoms with Gasteiger partial charge in [-0.1, -0.05) is 6.92 Å². The quantitative estimate of drug-likeness (QED) is 0.680. The molecule has 1 aliphatic rings. The van der Waals surface area contributed by atoms with Crippen LogP contribution in [0.25, 0.3) is 0 Å². The van der Waals surface area contributed by atoms with Crippen molar-refractivity contribution in [2.24, 2.45) is 5.92 Å². The van der Waals surface area contributed by atoms with Crippen LogP contribution in [0.5, 0.6) is 0 Å². The van der Waals surface area contributed by atoms with Gasteiger partial charge in [-0.05, 0) is 30.9 Å². The zero-order chi connectivity index (χ0) is 14.7. The molecular weight excluding hydrogens is 263 g/mol. The number of nitro benzene ring substituents is 1. The molecule has 0 amide bonds. The van der Waals surface area contributed by atoms with Gasteiger partial charge in [-0.2, -0.15) is 0 Å². The van der Waals surface area contributed by atoms with Gasteiger partial charge in [0, 0.05) is 31.3 Å². The van der Waals surface area contributed by atoms with E-state index >= 15 is 0 Å². The first-order valence-electron chi connectivity index (χ1n) is 6.84. The molecule has 20 heavy (non-hydrogen) atoms. The third kappa shape index (κ3) is 3.32. The predicted molar refractivity (Wildman–Crippen MR) is 72.7 cm³/mol. The molecule has 110 valence electrons. The average molecular weight is 282 g/mol. The zero-order valence-corrected chi connectivity index (χ0v) is 11.5. The van der Waals surface area contributed by atoms with E-state index in [4.69, 9.17) is 0 Å². The van der Waals surface area contributed by atoms with E-state index in [0.717, 1.165) is 12.5 Å². The van der Waals surface area contributed by atoms with Gasteiger partial charge in [-0.3, -0.25) is 15.0 Å². The van der Waals surface area contributed by atoms with Crippen molar-refractivity contribution < 1.29 is 14.4 Å². The smallest absolute Gasteiger partial charge is 0.274 e. The van der Waals surface area contributed by atoms with Crippen LogP contribution < -0.4 is 0 Å². The first-order valence-corrected chi connectivity index (χ1v) is 6.84. The minimum Gasteiger partial charge on any atom is -0.393 e. The summed E-state index contributed by atoms with van der Waals surface area (Å²) < 4.78 is 13.3. The lowest BCUT2D eigenvalue weighted by Crippen LogP contribution is -2.42. The first kappa shape index (κ1) is 14.9. The average Bonchev–Trinajstić information content (AvgIpc) is 2.40. The summed E-state index contributed by atoms with van der Waals surface area (Å²) in [5.74, 6) is -0.286. The fourth-order valence-corrected chi connectivity index (χ4v) is 2.74. The molecule has 1 fully saturated rings. The Kier molecular flexibility index (Phi) is 4.67. The summed E-state index contributed by atoms with van der Waals surface area (Å²) in [4.78, 5) is 12.5. The second-order valence-corrected chi connectivity index (χ2v) is 5.29. The Labute approximate surface area is 117 Å². The Morgan fingerprint density at radius 1 is 1.55 bits per heavy atom. The molecule has 0 bridgehead atoms. The van der Waals surface area contributed by atoms with Gasteiger partial charge in [0.2, 0.25) is 0 Å². The number of aliphatic hydroxyl groups is 1. The number of nitro groups is 1. The molecule has 0 saturated carbocycles. The predicted octanol–water partition coefficient (Wildman–Crippen LogP) is 2.33. The molecule has 1 heterocycles. The Bertz CT molecular complexity index is 495. The summed E-state index contributed by atoms with van der Waals surface area (Å²) in [5.41, 5.74) is 0.340. The van der Waals surface area contributed by atoms with E-state index in [2.05, 4.69) is 0 Å². The van der Waals surface area contributed by atoms with E-state index in [1.54, 1.807) is 0 Å². The topological polar surface area (TPSA) is 66.6 Å². The highest BCUT2D eigenvalue weighted by molar-refractivity contribution is 5.40. The number of rotatable bonds is 4. The van der Waals surface area contributed by atoms with Crippen LogP contribution in [0.15, 0.2) is 18.2 Å². The fraction of sp³-hybridized carbons (Fsp3) is 0.571. The van der Waals surface area contributed by atoms with Gasteiger partial charge in [0.05, 0.1) is 11.0 Å². The molecule has 5 nitrogen and oxygen atoms in total. The zero-order valence-electron chi connectivity index (χ0n) is 11.5. The van der Waals surface area contributed by atoms with Crippen LogP contribution in [0.2, 0.25) is 0 Å². The number of nitrogens with zero attached hydrogens (tertiary/aromatic N) is 2.